The normalized spacial score (nSPS) is 14.4. The van der Waals surface area contributed by atoms with Gasteiger partial charge in [0.25, 0.3) is 0 Å². The number of hydrogen-bond acceptors (Lipinski definition) is 4. The molecule has 0 bridgehead atoms. The molecular weight excluding hydrogens is 312 g/mol. The number of methoxy groups -OCH3 is 1. The lowest BCUT2D eigenvalue weighted by molar-refractivity contribution is 0.135. The van der Waals surface area contributed by atoms with Gasteiger partial charge in [0.15, 0.2) is 5.01 Å². The van der Waals surface area contributed by atoms with Gasteiger partial charge in [-0.1, -0.05) is 64.5 Å². The van der Waals surface area contributed by atoms with Crippen molar-refractivity contribution in [3.05, 3.63) is 45.9 Å². The summed E-state index contributed by atoms with van der Waals surface area (Å²) >= 11 is 5.19. The highest BCUT2D eigenvalue weighted by molar-refractivity contribution is 9.09. The Labute approximate surface area is 119 Å². The molecule has 0 spiro atoms. The average Bonchev–Trinajstić information content (AvgIpc) is 2.89. The van der Waals surface area contributed by atoms with Gasteiger partial charge in [0.05, 0.1) is 4.83 Å². The van der Waals surface area contributed by atoms with Crippen molar-refractivity contribution in [2.75, 3.05) is 7.11 Å². The zero-order valence-corrected chi connectivity index (χ0v) is 12.7. The van der Waals surface area contributed by atoms with Crippen LogP contribution in [0.3, 0.4) is 0 Å². The van der Waals surface area contributed by atoms with Gasteiger partial charge in [-0.25, -0.2) is 0 Å². The maximum Gasteiger partial charge on any atom is 0.151 e. The van der Waals surface area contributed by atoms with E-state index < -0.39 is 0 Å². The number of halogens is 1. The van der Waals surface area contributed by atoms with Crippen molar-refractivity contribution < 1.29 is 4.74 Å². The molecule has 0 saturated heterocycles. The number of aromatic nitrogens is 2. The zero-order chi connectivity index (χ0) is 13.0. The molecule has 1 aromatic heterocycles. The third-order valence-corrected chi connectivity index (χ3v) is 5.11. The Morgan fingerprint density at radius 3 is 2.50 bits per heavy atom. The Kier molecular flexibility index (Phi) is 4.86. The Hall–Kier alpha value is -0.780. The van der Waals surface area contributed by atoms with Gasteiger partial charge in [0.1, 0.15) is 11.1 Å². The van der Waals surface area contributed by atoms with Crippen LogP contribution in [0.2, 0.25) is 0 Å². The summed E-state index contributed by atoms with van der Waals surface area (Å²) in [5.41, 5.74) is 1.10. The minimum absolute atomic E-state index is 0.131. The topological polar surface area (TPSA) is 35.0 Å². The van der Waals surface area contributed by atoms with Crippen LogP contribution in [-0.2, 0) is 4.74 Å². The van der Waals surface area contributed by atoms with E-state index >= 15 is 0 Å². The van der Waals surface area contributed by atoms with Crippen LogP contribution < -0.4 is 0 Å². The standard InChI is InChI=1S/C13H15BrN2OS/c1-3-10(14)12-15-16-13(18-12)11(17-2)9-7-5-4-6-8-9/h4-8,10-11H,3H2,1-2H3. The minimum atomic E-state index is -0.131. The summed E-state index contributed by atoms with van der Waals surface area (Å²) in [6.07, 6.45) is 0.867. The van der Waals surface area contributed by atoms with Crippen molar-refractivity contribution in [2.24, 2.45) is 0 Å². The Morgan fingerprint density at radius 2 is 1.89 bits per heavy atom. The smallest absolute Gasteiger partial charge is 0.151 e. The van der Waals surface area contributed by atoms with E-state index in [0.29, 0.717) is 0 Å². The highest BCUT2D eigenvalue weighted by Gasteiger charge is 2.20. The summed E-state index contributed by atoms with van der Waals surface area (Å²) in [5.74, 6) is 0. The molecule has 0 aliphatic heterocycles. The first-order valence-electron chi connectivity index (χ1n) is 5.81. The van der Waals surface area contributed by atoms with E-state index in [4.69, 9.17) is 4.74 Å². The van der Waals surface area contributed by atoms with Crippen LogP contribution in [0.4, 0.5) is 0 Å². The molecule has 1 heterocycles. The molecule has 1 aromatic carbocycles. The second kappa shape index (κ2) is 6.41. The SMILES string of the molecule is CCC(Br)c1nnc(C(OC)c2ccccc2)s1. The summed E-state index contributed by atoms with van der Waals surface area (Å²) in [6.45, 7) is 2.12. The predicted molar refractivity (Wildman–Crippen MR) is 77.2 cm³/mol. The van der Waals surface area contributed by atoms with Gasteiger partial charge >= 0.3 is 0 Å². The second-order valence-corrected chi connectivity index (χ2v) is 6.03. The third-order valence-electron chi connectivity index (χ3n) is 2.64. The molecule has 0 aliphatic carbocycles. The van der Waals surface area contributed by atoms with E-state index in [9.17, 15) is 0 Å². The molecular formula is C13H15BrN2OS. The second-order valence-electron chi connectivity index (χ2n) is 3.88. The lowest BCUT2D eigenvalue weighted by Gasteiger charge is -2.11. The summed E-state index contributed by atoms with van der Waals surface area (Å²) in [4.78, 5) is 0.275. The van der Waals surface area contributed by atoms with Crippen LogP contribution >= 0.6 is 27.3 Å². The molecule has 3 nitrogen and oxygen atoms in total. The number of alkyl halides is 1. The maximum absolute atomic E-state index is 5.54. The monoisotopic (exact) mass is 326 g/mol. The van der Waals surface area contributed by atoms with Crippen LogP contribution in [0.15, 0.2) is 30.3 Å². The lowest BCUT2D eigenvalue weighted by atomic mass is 10.1. The lowest BCUT2D eigenvalue weighted by Crippen LogP contribution is -2.02. The van der Waals surface area contributed by atoms with E-state index in [1.54, 1.807) is 18.4 Å². The van der Waals surface area contributed by atoms with Gasteiger partial charge in [-0.05, 0) is 12.0 Å². The zero-order valence-electron chi connectivity index (χ0n) is 10.3. The first kappa shape index (κ1) is 13.6. The van der Waals surface area contributed by atoms with Crippen molar-refractivity contribution >= 4 is 27.3 Å². The fraction of sp³-hybridized carbons (Fsp3) is 0.385. The van der Waals surface area contributed by atoms with E-state index in [-0.39, 0.29) is 10.9 Å². The van der Waals surface area contributed by atoms with Gasteiger partial charge in [0, 0.05) is 7.11 Å². The van der Waals surface area contributed by atoms with E-state index in [2.05, 4.69) is 33.1 Å². The van der Waals surface area contributed by atoms with Crippen molar-refractivity contribution in [2.45, 2.75) is 24.3 Å². The molecule has 2 unspecified atom stereocenters. The predicted octanol–water partition coefficient (Wildman–Crippen LogP) is 4.12. The number of rotatable bonds is 5. The number of benzene rings is 1. The number of ether oxygens (including phenoxy) is 1. The molecule has 2 rings (SSSR count). The first-order valence-corrected chi connectivity index (χ1v) is 7.54. The highest BCUT2D eigenvalue weighted by Crippen LogP contribution is 2.33. The van der Waals surface area contributed by atoms with Crippen LogP contribution in [0, 0.1) is 0 Å². The number of hydrogen-bond donors (Lipinski definition) is 0. The molecule has 2 aromatic rings. The van der Waals surface area contributed by atoms with E-state index in [1.807, 2.05) is 30.3 Å². The minimum Gasteiger partial charge on any atom is -0.369 e. The molecule has 0 N–H and O–H groups in total. The Morgan fingerprint density at radius 1 is 1.22 bits per heavy atom. The first-order chi connectivity index (χ1) is 8.76. The molecule has 5 heteroatoms. The van der Waals surface area contributed by atoms with Gasteiger partial charge < -0.3 is 4.74 Å². The molecule has 18 heavy (non-hydrogen) atoms. The highest BCUT2D eigenvalue weighted by atomic mass is 79.9. The molecule has 96 valence electrons. The molecule has 2 atom stereocenters. The Balaban J connectivity index is 2.26. The maximum atomic E-state index is 5.54. The summed E-state index contributed by atoms with van der Waals surface area (Å²) in [5, 5.41) is 10.4. The quantitative estimate of drug-likeness (QED) is 0.775. The van der Waals surface area contributed by atoms with E-state index in [1.165, 1.54) is 0 Å². The Bertz CT molecular complexity index is 489. The van der Waals surface area contributed by atoms with Crippen LogP contribution in [0.25, 0.3) is 0 Å². The largest absolute Gasteiger partial charge is 0.369 e. The van der Waals surface area contributed by atoms with Crippen LogP contribution in [0.1, 0.15) is 39.9 Å². The van der Waals surface area contributed by atoms with Gasteiger partial charge in [-0.15, -0.1) is 10.2 Å². The van der Waals surface area contributed by atoms with Crippen molar-refractivity contribution in [1.29, 1.82) is 0 Å². The molecule has 0 radical (unpaired) electrons. The van der Waals surface area contributed by atoms with Crippen LogP contribution in [0.5, 0.6) is 0 Å². The molecule has 0 aliphatic rings. The number of nitrogens with zero attached hydrogens (tertiary/aromatic N) is 2. The van der Waals surface area contributed by atoms with Crippen molar-refractivity contribution in [1.82, 2.24) is 10.2 Å². The summed E-state index contributed by atoms with van der Waals surface area (Å²) < 4.78 is 5.54. The molecule has 0 amide bonds. The molecule has 0 saturated carbocycles. The van der Waals surface area contributed by atoms with Gasteiger partial charge in [-0.2, -0.15) is 0 Å². The fourth-order valence-corrected chi connectivity index (χ4v) is 3.04. The average molecular weight is 327 g/mol. The van der Waals surface area contributed by atoms with Crippen molar-refractivity contribution in [3.8, 4) is 0 Å². The summed E-state index contributed by atoms with van der Waals surface area (Å²) in [6, 6.07) is 10.1. The van der Waals surface area contributed by atoms with Gasteiger partial charge in [0.2, 0.25) is 0 Å². The third kappa shape index (κ3) is 2.96. The fourth-order valence-electron chi connectivity index (χ4n) is 1.66. The van der Waals surface area contributed by atoms with Gasteiger partial charge in [-0.3, -0.25) is 0 Å². The summed E-state index contributed by atoms with van der Waals surface area (Å²) in [7, 11) is 1.70. The van der Waals surface area contributed by atoms with Crippen LogP contribution in [-0.4, -0.2) is 17.3 Å². The molecule has 0 fully saturated rings. The van der Waals surface area contributed by atoms with E-state index in [0.717, 1.165) is 22.0 Å². The van der Waals surface area contributed by atoms with Crippen molar-refractivity contribution in [3.63, 3.8) is 0 Å².